The van der Waals surface area contributed by atoms with E-state index in [1.54, 1.807) is 7.11 Å². The normalized spacial score (nSPS) is 11.5. The summed E-state index contributed by atoms with van der Waals surface area (Å²) < 4.78 is 5.15. The van der Waals surface area contributed by atoms with Crippen molar-refractivity contribution in [1.82, 2.24) is 0 Å². The van der Waals surface area contributed by atoms with Gasteiger partial charge in [0.15, 0.2) is 0 Å². The minimum Gasteiger partial charge on any atom is -0.496 e. The first-order valence-corrected chi connectivity index (χ1v) is 4.70. The van der Waals surface area contributed by atoms with Gasteiger partial charge >= 0.3 is 0 Å². The molecule has 0 atom stereocenters. The topological polar surface area (TPSA) is 9.23 Å². The maximum Gasteiger partial charge on any atom is 0.121 e. The number of hydrogen-bond donors (Lipinski definition) is 0. The van der Waals surface area contributed by atoms with Crippen LogP contribution in [0.2, 0.25) is 0 Å². The molecule has 0 amide bonds. The van der Waals surface area contributed by atoms with Gasteiger partial charge in [0.1, 0.15) is 5.76 Å². The third-order valence-corrected chi connectivity index (χ3v) is 1.50. The van der Waals surface area contributed by atoms with E-state index in [1.807, 2.05) is 46.8 Å². The number of methoxy groups -OCH3 is 1. The van der Waals surface area contributed by atoms with Crippen LogP contribution in [0.25, 0.3) is 0 Å². The molecular formula is C12H22O. The zero-order valence-electron chi connectivity index (χ0n) is 9.77. The molecule has 0 radical (unpaired) electrons. The van der Waals surface area contributed by atoms with Crippen LogP contribution in [0, 0.1) is 0 Å². The van der Waals surface area contributed by atoms with E-state index in [2.05, 4.69) is 6.58 Å². The molecule has 0 bridgehead atoms. The van der Waals surface area contributed by atoms with Gasteiger partial charge in [-0.25, -0.2) is 0 Å². The summed E-state index contributed by atoms with van der Waals surface area (Å²) in [5.41, 5.74) is 2.11. The Hall–Kier alpha value is -0.980. The predicted molar refractivity (Wildman–Crippen MR) is 60.7 cm³/mol. The number of ether oxygens (including phenoxy) is 1. The van der Waals surface area contributed by atoms with Crippen LogP contribution in [0.1, 0.15) is 34.6 Å². The minimum absolute atomic E-state index is 0.889. The first kappa shape index (κ1) is 14.5. The van der Waals surface area contributed by atoms with Gasteiger partial charge in [-0.2, -0.15) is 0 Å². The highest BCUT2D eigenvalue weighted by atomic mass is 16.5. The minimum atomic E-state index is 0.889. The van der Waals surface area contributed by atoms with Crippen molar-refractivity contribution < 1.29 is 4.74 Å². The van der Waals surface area contributed by atoms with Crippen LogP contribution in [0.3, 0.4) is 0 Å². The van der Waals surface area contributed by atoms with Gasteiger partial charge < -0.3 is 4.74 Å². The number of hydrogen-bond acceptors (Lipinski definition) is 1. The molecule has 0 heterocycles. The van der Waals surface area contributed by atoms with Crippen molar-refractivity contribution in [2.24, 2.45) is 0 Å². The second-order valence-electron chi connectivity index (χ2n) is 2.34. The Morgan fingerprint density at radius 3 is 1.69 bits per heavy atom. The van der Waals surface area contributed by atoms with Crippen LogP contribution < -0.4 is 0 Å². The number of allylic oxidation sites excluding steroid dienone is 3. The van der Waals surface area contributed by atoms with Crippen LogP contribution in [-0.4, -0.2) is 7.11 Å². The Labute approximate surface area is 82.8 Å². The second-order valence-corrected chi connectivity index (χ2v) is 2.34. The molecule has 13 heavy (non-hydrogen) atoms. The summed E-state index contributed by atoms with van der Waals surface area (Å²) in [6.07, 6.45) is 3.94. The van der Waals surface area contributed by atoms with Gasteiger partial charge in [0.05, 0.1) is 7.11 Å². The number of rotatable bonds is 3. The van der Waals surface area contributed by atoms with Crippen LogP contribution >= 0.6 is 0 Å². The van der Waals surface area contributed by atoms with Gasteiger partial charge in [0.2, 0.25) is 0 Å². The third kappa shape index (κ3) is 5.29. The molecule has 0 rings (SSSR count). The summed E-state index contributed by atoms with van der Waals surface area (Å²) in [6.45, 7) is 13.8. The third-order valence-electron chi connectivity index (χ3n) is 1.50. The molecule has 0 aromatic carbocycles. The van der Waals surface area contributed by atoms with Crippen molar-refractivity contribution in [3.05, 3.63) is 35.6 Å². The Balaban J connectivity index is 0. The van der Waals surface area contributed by atoms with Gasteiger partial charge in [-0.05, 0) is 32.4 Å². The fraction of sp³-hybridized carbons (Fsp3) is 0.500. The van der Waals surface area contributed by atoms with Gasteiger partial charge in [-0.3, -0.25) is 0 Å². The zero-order valence-corrected chi connectivity index (χ0v) is 9.77. The molecule has 0 N–H and O–H groups in total. The van der Waals surface area contributed by atoms with Crippen molar-refractivity contribution >= 4 is 0 Å². The molecule has 0 aliphatic carbocycles. The molecule has 0 aromatic heterocycles. The Morgan fingerprint density at radius 1 is 1.15 bits per heavy atom. The summed E-state index contributed by atoms with van der Waals surface area (Å²) in [7, 11) is 1.67. The van der Waals surface area contributed by atoms with E-state index in [9.17, 15) is 0 Å². The van der Waals surface area contributed by atoms with E-state index in [1.165, 1.54) is 0 Å². The van der Waals surface area contributed by atoms with Crippen molar-refractivity contribution in [2.75, 3.05) is 7.11 Å². The molecule has 0 aliphatic heterocycles. The molecule has 0 spiro atoms. The van der Waals surface area contributed by atoms with Crippen molar-refractivity contribution in [2.45, 2.75) is 34.6 Å². The monoisotopic (exact) mass is 182 g/mol. The predicted octanol–water partition coefficient (Wildman–Crippen LogP) is 4.09. The Kier molecular flexibility index (Phi) is 10.2. The lowest BCUT2D eigenvalue weighted by Gasteiger charge is -2.09. The molecule has 1 heteroatoms. The summed E-state index contributed by atoms with van der Waals surface area (Å²) in [5, 5.41) is 0. The van der Waals surface area contributed by atoms with Crippen molar-refractivity contribution in [3.63, 3.8) is 0 Å². The standard InChI is InChI=1S/C10H16O.C2H6/c1-6-9(8(3)4)10(7-2)11-5;1-2/h6-7H,3H2,1-2,4-5H3;1-2H3/b9-6-,10-7+;. The molecule has 0 saturated heterocycles. The van der Waals surface area contributed by atoms with E-state index in [-0.39, 0.29) is 0 Å². The highest BCUT2D eigenvalue weighted by Gasteiger charge is 2.02. The summed E-state index contributed by atoms with van der Waals surface area (Å²) in [5.74, 6) is 0.889. The highest BCUT2D eigenvalue weighted by molar-refractivity contribution is 5.40. The molecule has 76 valence electrons. The second kappa shape index (κ2) is 9.11. The van der Waals surface area contributed by atoms with E-state index < -0.39 is 0 Å². The van der Waals surface area contributed by atoms with Gasteiger partial charge in [0.25, 0.3) is 0 Å². The summed E-state index contributed by atoms with van der Waals surface area (Å²) in [4.78, 5) is 0. The summed E-state index contributed by atoms with van der Waals surface area (Å²) in [6, 6.07) is 0. The van der Waals surface area contributed by atoms with Crippen LogP contribution in [-0.2, 0) is 4.74 Å². The Bertz CT molecular complexity index is 197. The Morgan fingerprint density at radius 2 is 1.62 bits per heavy atom. The van der Waals surface area contributed by atoms with Crippen molar-refractivity contribution in [1.29, 1.82) is 0 Å². The van der Waals surface area contributed by atoms with Crippen LogP contribution in [0.15, 0.2) is 35.6 Å². The first-order chi connectivity index (χ1) is 6.17. The van der Waals surface area contributed by atoms with Crippen LogP contribution in [0.4, 0.5) is 0 Å². The van der Waals surface area contributed by atoms with E-state index in [4.69, 9.17) is 4.74 Å². The van der Waals surface area contributed by atoms with E-state index >= 15 is 0 Å². The smallest absolute Gasteiger partial charge is 0.121 e. The highest BCUT2D eigenvalue weighted by Crippen LogP contribution is 2.17. The quantitative estimate of drug-likeness (QED) is 0.472. The first-order valence-electron chi connectivity index (χ1n) is 4.70. The van der Waals surface area contributed by atoms with E-state index in [0.717, 1.165) is 16.9 Å². The lowest BCUT2D eigenvalue weighted by Crippen LogP contribution is -1.92. The van der Waals surface area contributed by atoms with Gasteiger partial charge in [-0.1, -0.05) is 26.5 Å². The molecule has 0 saturated carbocycles. The average molecular weight is 182 g/mol. The van der Waals surface area contributed by atoms with Gasteiger partial charge in [0, 0.05) is 5.57 Å². The molecule has 0 unspecified atom stereocenters. The molecule has 0 aliphatic rings. The van der Waals surface area contributed by atoms with Crippen LogP contribution in [0.5, 0.6) is 0 Å². The van der Waals surface area contributed by atoms with Crippen molar-refractivity contribution in [3.8, 4) is 0 Å². The zero-order chi connectivity index (χ0) is 10.9. The molecular weight excluding hydrogens is 160 g/mol. The molecule has 0 fully saturated rings. The maximum absolute atomic E-state index is 5.15. The lowest BCUT2D eigenvalue weighted by molar-refractivity contribution is 0.301. The summed E-state index contributed by atoms with van der Waals surface area (Å²) >= 11 is 0. The molecule has 0 aromatic rings. The average Bonchev–Trinajstić information content (AvgIpc) is 2.16. The fourth-order valence-corrected chi connectivity index (χ4v) is 0.982. The molecule has 1 nitrogen and oxygen atoms in total. The van der Waals surface area contributed by atoms with E-state index in [0.29, 0.717) is 0 Å². The fourth-order valence-electron chi connectivity index (χ4n) is 0.982. The largest absolute Gasteiger partial charge is 0.496 e. The maximum atomic E-state index is 5.15. The van der Waals surface area contributed by atoms with Gasteiger partial charge in [-0.15, -0.1) is 0 Å². The lowest BCUT2D eigenvalue weighted by atomic mass is 10.1. The SMILES string of the molecule is C=C(C)C(=C/C)/C(=C\C)OC.CC.